The highest BCUT2D eigenvalue weighted by Gasteiger charge is 2.56. The van der Waals surface area contributed by atoms with Crippen molar-refractivity contribution >= 4 is 0 Å². The summed E-state index contributed by atoms with van der Waals surface area (Å²) >= 11 is 0. The first-order chi connectivity index (χ1) is 9.70. The number of allylic oxidation sites excluding steroid dienone is 3. The zero-order chi connectivity index (χ0) is 15.5. The summed E-state index contributed by atoms with van der Waals surface area (Å²) in [6, 6.07) is 0. The molecule has 0 aromatic carbocycles. The van der Waals surface area contributed by atoms with Gasteiger partial charge in [0, 0.05) is 5.41 Å². The molecule has 1 N–H and O–H groups in total. The van der Waals surface area contributed by atoms with Gasteiger partial charge in [-0.1, -0.05) is 45.4 Å². The molecule has 2 fully saturated rings. The second-order valence-electron chi connectivity index (χ2n) is 9.17. The fourth-order valence-corrected chi connectivity index (χ4v) is 6.18. The molecule has 0 aromatic heterocycles. The van der Waals surface area contributed by atoms with Gasteiger partial charge in [-0.25, -0.2) is 0 Å². The third-order valence-electron chi connectivity index (χ3n) is 7.09. The van der Waals surface area contributed by atoms with E-state index in [0.717, 1.165) is 18.8 Å². The van der Waals surface area contributed by atoms with Crippen LogP contribution in [-0.2, 0) is 0 Å². The van der Waals surface area contributed by atoms with Crippen molar-refractivity contribution in [2.75, 3.05) is 0 Å². The maximum Gasteiger partial charge on any atom is 0.0551 e. The van der Waals surface area contributed by atoms with Crippen molar-refractivity contribution in [2.24, 2.45) is 28.1 Å². The maximum atomic E-state index is 10.5. The Balaban J connectivity index is 1.99. The van der Waals surface area contributed by atoms with Crippen LogP contribution in [0.1, 0.15) is 66.2 Å². The lowest BCUT2D eigenvalue weighted by atomic mass is 9.45. The van der Waals surface area contributed by atoms with Gasteiger partial charge < -0.3 is 5.11 Å². The Kier molecular flexibility index (Phi) is 3.44. The fraction of sp³-hybridized carbons (Fsp3) is 0.800. The molecule has 5 atom stereocenters. The van der Waals surface area contributed by atoms with Gasteiger partial charge in [0.15, 0.2) is 0 Å². The zero-order valence-electron chi connectivity index (χ0n) is 14.3. The van der Waals surface area contributed by atoms with Crippen molar-refractivity contribution in [1.29, 1.82) is 0 Å². The normalized spacial score (nSPS) is 48.8. The van der Waals surface area contributed by atoms with Gasteiger partial charge in [-0.3, -0.25) is 0 Å². The summed E-state index contributed by atoms with van der Waals surface area (Å²) in [5.74, 6) is 1.43. The summed E-state index contributed by atoms with van der Waals surface area (Å²) in [7, 11) is 0. The SMILES string of the molecule is C=CC1(C)C=C2CCC3C(C)(C)CC(O)CC3(C)C2CC1. The summed E-state index contributed by atoms with van der Waals surface area (Å²) in [6.45, 7) is 13.6. The van der Waals surface area contributed by atoms with E-state index in [9.17, 15) is 5.11 Å². The summed E-state index contributed by atoms with van der Waals surface area (Å²) in [6.07, 6.45) is 11.5. The molecule has 0 radical (unpaired) electrons. The van der Waals surface area contributed by atoms with Crippen LogP contribution >= 0.6 is 0 Å². The number of hydrogen-bond acceptors (Lipinski definition) is 1. The molecule has 0 spiro atoms. The first kappa shape index (κ1) is 15.3. The van der Waals surface area contributed by atoms with E-state index in [0.29, 0.717) is 5.92 Å². The van der Waals surface area contributed by atoms with Crippen molar-refractivity contribution in [3.05, 3.63) is 24.3 Å². The van der Waals surface area contributed by atoms with Crippen LogP contribution in [0.2, 0.25) is 0 Å². The summed E-state index contributed by atoms with van der Waals surface area (Å²) in [5, 5.41) is 10.5. The molecule has 1 nitrogen and oxygen atoms in total. The Morgan fingerprint density at radius 2 is 1.90 bits per heavy atom. The van der Waals surface area contributed by atoms with Gasteiger partial charge in [-0.15, -0.1) is 6.58 Å². The van der Waals surface area contributed by atoms with Crippen molar-refractivity contribution < 1.29 is 5.11 Å². The smallest absolute Gasteiger partial charge is 0.0551 e. The Labute approximate surface area is 130 Å². The minimum atomic E-state index is -0.117. The quantitative estimate of drug-likeness (QED) is 0.665. The molecule has 3 rings (SSSR count). The van der Waals surface area contributed by atoms with Gasteiger partial charge in [0.2, 0.25) is 0 Å². The van der Waals surface area contributed by atoms with Gasteiger partial charge in [0.1, 0.15) is 0 Å². The van der Waals surface area contributed by atoms with Gasteiger partial charge in [0.25, 0.3) is 0 Å². The Hall–Kier alpha value is -0.560. The Bertz CT molecular complexity index is 474. The molecule has 5 unspecified atom stereocenters. The van der Waals surface area contributed by atoms with Crippen molar-refractivity contribution in [1.82, 2.24) is 0 Å². The van der Waals surface area contributed by atoms with Crippen LogP contribution < -0.4 is 0 Å². The summed E-state index contributed by atoms with van der Waals surface area (Å²) in [5.41, 5.74) is 2.41. The number of aliphatic hydroxyl groups is 1. The average Bonchev–Trinajstić information content (AvgIpc) is 2.36. The average molecular weight is 288 g/mol. The van der Waals surface area contributed by atoms with E-state index in [1.165, 1.54) is 25.7 Å². The van der Waals surface area contributed by atoms with Gasteiger partial charge in [-0.05, 0) is 61.2 Å². The minimum absolute atomic E-state index is 0.117. The molecular formula is C20H32O. The first-order valence-electron chi connectivity index (χ1n) is 8.73. The fourth-order valence-electron chi connectivity index (χ4n) is 6.18. The lowest BCUT2D eigenvalue weighted by Gasteiger charge is -2.60. The standard InChI is InChI=1S/C20H32O/c1-6-19(4)10-9-16-14(11-19)7-8-17-18(2,3)12-15(21)13-20(16,17)5/h6,11,15-17,21H,1,7-10,12-13H2,2-5H3. The molecule has 3 aliphatic rings. The predicted molar refractivity (Wildman–Crippen MR) is 89.0 cm³/mol. The lowest BCUT2D eigenvalue weighted by molar-refractivity contribution is -0.108. The molecular weight excluding hydrogens is 256 g/mol. The van der Waals surface area contributed by atoms with Crippen molar-refractivity contribution in [3.8, 4) is 0 Å². The molecule has 2 saturated carbocycles. The van der Waals surface area contributed by atoms with Gasteiger partial charge in [0.05, 0.1) is 6.10 Å². The topological polar surface area (TPSA) is 20.2 Å². The van der Waals surface area contributed by atoms with Crippen LogP contribution in [0.25, 0.3) is 0 Å². The van der Waals surface area contributed by atoms with Crippen LogP contribution in [0.5, 0.6) is 0 Å². The molecule has 0 aromatic rings. The molecule has 3 aliphatic carbocycles. The van der Waals surface area contributed by atoms with Crippen molar-refractivity contribution in [3.63, 3.8) is 0 Å². The van der Waals surface area contributed by atoms with Crippen LogP contribution in [0.3, 0.4) is 0 Å². The molecule has 1 heteroatoms. The number of aliphatic hydroxyl groups excluding tert-OH is 1. The van der Waals surface area contributed by atoms with E-state index >= 15 is 0 Å². The molecule has 0 aliphatic heterocycles. The predicted octanol–water partition coefficient (Wildman–Crippen LogP) is 5.11. The molecule has 0 heterocycles. The Morgan fingerprint density at radius 3 is 2.57 bits per heavy atom. The highest BCUT2D eigenvalue weighted by atomic mass is 16.3. The van der Waals surface area contributed by atoms with Crippen molar-refractivity contribution in [2.45, 2.75) is 72.3 Å². The van der Waals surface area contributed by atoms with Crippen LogP contribution in [-0.4, -0.2) is 11.2 Å². The number of rotatable bonds is 1. The van der Waals surface area contributed by atoms with E-state index in [2.05, 4.69) is 46.4 Å². The van der Waals surface area contributed by atoms with E-state index < -0.39 is 0 Å². The van der Waals surface area contributed by atoms with E-state index in [1.807, 2.05) is 0 Å². The largest absolute Gasteiger partial charge is 0.393 e. The number of hydrogen-bond donors (Lipinski definition) is 1. The highest BCUT2D eigenvalue weighted by molar-refractivity contribution is 5.26. The number of fused-ring (bicyclic) bond motifs is 3. The van der Waals surface area contributed by atoms with Gasteiger partial charge in [-0.2, -0.15) is 0 Å². The van der Waals surface area contributed by atoms with E-state index in [4.69, 9.17) is 0 Å². The molecule has 0 amide bonds. The second-order valence-corrected chi connectivity index (χ2v) is 9.17. The van der Waals surface area contributed by atoms with E-state index in [1.54, 1.807) is 5.57 Å². The summed E-state index contributed by atoms with van der Waals surface area (Å²) < 4.78 is 0. The molecule has 0 saturated heterocycles. The van der Waals surface area contributed by atoms with E-state index in [-0.39, 0.29) is 22.3 Å². The molecule has 0 bridgehead atoms. The molecule has 21 heavy (non-hydrogen) atoms. The van der Waals surface area contributed by atoms with Gasteiger partial charge >= 0.3 is 0 Å². The lowest BCUT2D eigenvalue weighted by Crippen LogP contribution is -2.54. The maximum absolute atomic E-state index is 10.5. The Morgan fingerprint density at radius 1 is 1.19 bits per heavy atom. The third kappa shape index (κ3) is 2.32. The highest BCUT2D eigenvalue weighted by Crippen LogP contribution is 2.63. The summed E-state index contributed by atoms with van der Waals surface area (Å²) in [4.78, 5) is 0. The third-order valence-corrected chi connectivity index (χ3v) is 7.09. The van der Waals surface area contributed by atoms with Crippen LogP contribution in [0.4, 0.5) is 0 Å². The zero-order valence-corrected chi connectivity index (χ0v) is 14.3. The molecule has 118 valence electrons. The minimum Gasteiger partial charge on any atom is -0.393 e. The van der Waals surface area contributed by atoms with Crippen LogP contribution in [0, 0.1) is 28.1 Å². The first-order valence-corrected chi connectivity index (χ1v) is 8.73. The monoisotopic (exact) mass is 288 g/mol. The second kappa shape index (κ2) is 4.72. The van der Waals surface area contributed by atoms with Crippen LogP contribution in [0.15, 0.2) is 24.3 Å².